The summed E-state index contributed by atoms with van der Waals surface area (Å²) in [5, 5.41) is 7.61. The molecular weight excluding hydrogens is 260 g/mol. The minimum Gasteiger partial charge on any atom is -0.348 e. The van der Waals surface area contributed by atoms with Crippen molar-refractivity contribution in [2.45, 2.75) is 39.7 Å². The molecule has 0 aliphatic heterocycles. The van der Waals surface area contributed by atoms with E-state index in [-0.39, 0.29) is 24.9 Å². The lowest BCUT2D eigenvalue weighted by atomic mass is 9.91. The number of rotatable bonds is 8. The maximum atomic E-state index is 11.8. The van der Waals surface area contributed by atoms with E-state index in [0.717, 1.165) is 6.42 Å². The van der Waals surface area contributed by atoms with Gasteiger partial charge in [-0.3, -0.25) is 14.4 Å². The van der Waals surface area contributed by atoms with Crippen LogP contribution in [0, 0.1) is 5.92 Å². The van der Waals surface area contributed by atoms with Crippen molar-refractivity contribution in [2.75, 3.05) is 19.6 Å². The standard InChI is InChI=1S/C13H26N4O3/c1-9(2)5-13(4,8-14)17-12(20)7-16-11(19)6-15-10(3)18/h9H,5-8,14H2,1-4H3,(H,15,18)(H,16,19)(H,17,20). The van der Waals surface area contributed by atoms with Gasteiger partial charge in [-0.25, -0.2) is 0 Å². The summed E-state index contributed by atoms with van der Waals surface area (Å²) in [6.45, 7) is 7.36. The molecule has 0 spiro atoms. The molecule has 0 fully saturated rings. The van der Waals surface area contributed by atoms with Crippen molar-refractivity contribution in [2.24, 2.45) is 11.7 Å². The Morgan fingerprint density at radius 3 is 2.10 bits per heavy atom. The Balaban J connectivity index is 4.14. The number of amides is 3. The highest BCUT2D eigenvalue weighted by molar-refractivity contribution is 5.87. The van der Waals surface area contributed by atoms with Gasteiger partial charge in [0.1, 0.15) is 0 Å². The van der Waals surface area contributed by atoms with Gasteiger partial charge < -0.3 is 21.7 Å². The van der Waals surface area contributed by atoms with Crippen LogP contribution in [-0.4, -0.2) is 42.9 Å². The first-order chi connectivity index (χ1) is 9.18. The van der Waals surface area contributed by atoms with E-state index in [1.165, 1.54) is 6.92 Å². The molecule has 3 amide bonds. The number of carbonyl (C=O) groups excluding carboxylic acids is 3. The lowest BCUT2D eigenvalue weighted by Crippen LogP contribution is -2.54. The van der Waals surface area contributed by atoms with Crippen molar-refractivity contribution in [1.82, 2.24) is 16.0 Å². The molecule has 0 saturated carbocycles. The molecule has 1 atom stereocenters. The number of hydrogen-bond donors (Lipinski definition) is 4. The van der Waals surface area contributed by atoms with Crippen LogP contribution in [0.2, 0.25) is 0 Å². The van der Waals surface area contributed by atoms with Crippen molar-refractivity contribution in [3.05, 3.63) is 0 Å². The van der Waals surface area contributed by atoms with Crippen LogP contribution in [0.5, 0.6) is 0 Å². The van der Waals surface area contributed by atoms with Gasteiger partial charge in [0.2, 0.25) is 17.7 Å². The zero-order valence-corrected chi connectivity index (χ0v) is 12.7. The predicted molar refractivity (Wildman–Crippen MR) is 76.8 cm³/mol. The molecule has 0 aliphatic carbocycles. The van der Waals surface area contributed by atoms with Crippen LogP contribution in [0.3, 0.4) is 0 Å². The number of hydrogen-bond acceptors (Lipinski definition) is 4. The highest BCUT2D eigenvalue weighted by Gasteiger charge is 2.25. The molecule has 0 aromatic carbocycles. The van der Waals surface area contributed by atoms with E-state index in [2.05, 4.69) is 29.8 Å². The molecule has 7 heteroatoms. The number of nitrogens with one attached hydrogen (secondary N) is 3. The van der Waals surface area contributed by atoms with Gasteiger partial charge in [-0.1, -0.05) is 13.8 Å². The van der Waals surface area contributed by atoms with Crippen molar-refractivity contribution < 1.29 is 14.4 Å². The second kappa shape index (κ2) is 8.52. The fourth-order valence-corrected chi connectivity index (χ4v) is 1.91. The smallest absolute Gasteiger partial charge is 0.239 e. The first-order valence-corrected chi connectivity index (χ1v) is 6.70. The van der Waals surface area contributed by atoms with Crippen LogP contribution in [0.4, 0.5) is 0 Å². The molecule has 20 heavy (non-hydrogen) atoms. The minimum atomic E-state index is -0.479. The highest BCUT2D eigenvalue weighted by Crippen LogP contribution is 2.14. The summed E-state index contributed by atoms with van der Waals surface area (Å²) in [6.07, 6.45) is 0.759. The molecule has 0 rings (SSSR count). The normalized spacial score (nSPS) is 13.5. The summed E-state index contributed by atoms with van der Waals surface area (Å²) in [4.78, 5) is 33.7. The lowest BCUT2D eigenvalue weighted by Gasteiger charge is -2.31. The zero-order valence-electron chi connectivity index (χ0n) is 12.7. The third kappa shape index (κ3) is 8.47. The maximum Gasteiger partial charge on any atom is 0.239 e. The van der Waals surface area contributed by atoms with E-state index in [1.54, 1.807) is 0 Å². The van der Waals surface area contributed by atoms with Gasteiger partial charge in [-0.05, 0) is 19.3 Å². The Hall–Kier alpha value is -1.63. The molecule has 0 bridgehead atoms. The van der Waals surface area contributed by atoms with E-state index < -0.39 is 11.4 Å². The molecule has 0 saturated heterocycles. The molecule has 7 nitrogen and oxygen atoms in total. The molecule has 0 aromatic rings. The van der Waals surface area contributed by atoms with Gasteiger partial charge in [0.25, 0.3) is 0 Å². The topological polar surface area (TPSA) is 113 Å². The summed E-state index contributed by atoms with van der Waals surface area (Å²) in [5.74, 6) is -0.598. The van der Waals surface area contributed by atoms with Gasteiger partial charge in [0, 0.05) is 19.0 Å². The second-order valence-corrected chi connectivity index (χ2v) is 5.60. The molecule has 1 unspecified atom stereocenters. The lowest BCUT2D eigenvalue weighted by molar-refractivity contribution is -0.127. The Labute approximate surface area is 120 Å². The SMILES string of the molecule is CC(=O)NCC(=O)NCC(=O)NC(C)(CN)CC(C)C. The van der Waals surface area contributed by atoms with E-state index >= 15 is 0 Å². The van der Waals surface area contributed by atoms with Crippen LogP contribution in [0.25, 0.3) is 0 Å². The summed E-state index contributed by atoms with van der Waals surface area (Å²) >= 11 is 0. The van der Waals surface area contributed by atoms with E-state index in [0.29, 0.717) is 12.5 Å². The molecule has 0 aromatic heterocycles. The summed E-state index contributed by atoms with van der Waals surface area (Å²) < 4.78 is 0. The average Bonchev–Trinajstić information content (AvgIpc) is 2.32. The first-order valence-electron chi connectivity index (χ1n) is 6.70. The van der Waals surface area contributed by atoms with Crippen molar-refractivity contribution >= 4 is 17.7 Å². The van der Waals surface area contributed by atoms with E-state index in [4.69, 9.17) is 5.73 Å². The summed E-state index contributed by atoms with van der Waals surface area (Å²) in [7, 11) is 0. The van der Waals surface area contributed by atoms with Crippen LogP contribution >= 0.6 is 0 Å². The molecular formula is C13H26N4O3. The molecule has 5 N–H and O–H groups in total. The van der Waals surface area contributed by atoms with E-state index in [9.17, 15) is 14.4 Å². The summed E-state index contributed by atoms with van der Waals surface area (Å²) in [6, 6.07) is 0. The average molecular weight is 286 g/mol. The molecule has 0 aliphatic rings. The Morgan fingerprint density at radius 1 is 1.10 bits per heavy atom. The van der Waals surface area contributed by atoms with Gasteiger partial charge in [-0.15, -0.1) is 0 Å². The van der Waals surface area contributed by atoms with Crippen molar-refractivity contribution in [3.8, 4) is 0 Å². The van der Waals surface area contributed by atoms with E-state index in [1.807, 2.05) is 6.92 Å². The number of carbonyl (C=O) groups is 3. The third-order valence-corrected chi connectivity index (χ3v) is 2.69. The third-order valence-electron chi connectivity index (χ3n) is 2.69. The molecule has 0 heterocycles. The van der Waals surface area contributed by atoms with Crippen LogP contribution in [-0.2, 0) is 14.4 Å². The molecule has 0 radical (unpaired) electrons. The minimum absolute atomic E-state index is 0.133. The number of nitrogens with two attached hydrogens (primary N) is 1. The zero-order chi connectivity index (χ0) is 15.8. The van der Waals surface area contributed by atoms with Crippen LogP contribution < -0.4 is 21.7 Å². The van der Waals surface area contributed by atoms with Gasteiger partial charge in [-0.2, -0.15) is 0 Å². The first kappa shape index (κ1) is 18.4. The van der Waals surface area contributed by atoms with Gasteiger partial charge >= 0.3 is 0 Å². The fourth-order valence-electron chi connectivity index (χ4n) is 1.91. The van der Waals surface area contributed by atoms with Crippen LogP contribution in [0.15, 0.2) is 0 Å². The van der Waals surface area contributed by atoms with Crippen molar-refractivity contribution in [3.63, 3.8) is 0 Å². The second-order valence-electron chi connectivity index (χ2n) is 5.60. The van der Waals surface area contributed by atoms with Gasteiger partial charge in [0.15, 0.2) is 0 Å². The Bertz CT molecular complexity index is 358. The van der Waals surface area contributed by atoms with Crippen LogP contribution in [0.1, 0.15) is 34.1 Å². The van der Waals surface area contributed by atoms with Crippen molar-refractivity contribution in [1.29, 1.82) is 0 Å². The quantitative estimate of drug-likeness (QED) is 0.464. The predicted octanol–water partition coefficient (Wildman–Crippen LogP) is -0.882. The Kier molecular flexibility index (Phi) is 7.83. The maximum absolute atomic E-state index is 11.8. The highest BCUT2D eigenvalue weighted by atomic mass is 16.2. The largest absolute Gasteiger partial charge is 0.348 e. The molecule has 116 valence electrons. The Morgan fingerprint density at radius 2 is 1.65 bits per heavy atom. The monoisotopic (exact) mass is 286 g/mol. The summed E-state index contributed by atoms with van der Waals surface area (Å²) in [5.41, 5.74) is 5.21. The van der Waals surface area contributed by atoms with Gasteiger partial charge in [0.05, 0.1) is 13.1 Å². The fraction of sp³-hybridized carbons (Fsp3) is 0.769.